The first-order chi connectivity index (χ1) is 10.5. The zero-order valence-corrected chi connectivity index (χ0v) is 13.3. The quantitative estimate of drug-likeness (QED) is 0.915. The Kier molecular flexibility index (Phi) is 5.04. The second-order valence-corrected chi connectivity index (χ2v) is 5.15. The van der Waals surface area contributed by atoms with Crippen molar-refractivity contribution in [3.05, 3.63) is 53.6 Å². The van der Waals surface area contributed by atoms with E-state index in [1.807, 2.05) is 44.2 Å². The molecule has 1 N–H and O–H groups in total. The summed E-state index contributed by atoms with van der Waals surface area (Å²) in [4.78, 5) is 12.3. The number of nitrogens with one attached hydrogen (secondary N) is 1. The van der Waals surface area contributed by atoms with Crippen LogP contribution in [0.2, 0.25) is 0 Å². The van der Waals surface area contributed by atoms with Gasteiger partial charge in [0.1, 0.15) is 11.5 Å². The van der Waals surface area contributed by atoms with E-state index in [1.54, 1.807) is 26.2 Å². The van der Waals surface area contributed by atoms with Crippen LogP contribution in [0.3, 0.4) is 0 Å². The molecule has 0 bridgehead atoms. The number of amides is 1. The van der Waals surface area contributed by atoms with Gasteiger partial charge in [-0.1, -0.05) is 24.3 Å². The number of benzene rings is 2. The molecule has 0 unspecified atom stereocenters. The van der Waals surface area contributed by atoms with Crippen molar-refractivity contribution in [1.82, 2.24) is 0 Å². The molecule has 1 atom stereocenters. The maximum Gasteiger partial charge on any atom is 0.265 e. The third-order valence-electron chi connectivity index (χ3n) is 3.59. The summed E-state index contributed by atoms with van der Waals surface area (Å²) in [5, 5.41) is 2.83. The second kappa shape index (κ2) is 6.98. The lowest BCUT2D eigenvalue weighted by atomic mass is 10.1. The summed E-state index contributed by atoms with van der Waals surface area (Å²) in [6.07, 6.45) is -0.606. The lowest BCUT2D eigenvalue weighted by molar-refractivity contribution is -0.122. The van der Waals surface area contributed by atoms with Crippen LogP contribution in [0.5, 0.6) is 11.5 Å². The summed E-state index contributed by atoms with van der Waals surface area (Å²) >= 11 is 0. The highest BCUT2D eigenvalue weighted by Crippen LogP contribution is 2.25. The van der Waals surface area contributed by atoms with E-state index >= 15 is 0 Å². The number of carbonyl (C=O) groups excluding carboxylic acids is 1. The highest BCUT2D eigenvalue weighted by Gasteiger charge is 2.17. The molecule has 1 amide bonds. The third kappa shape index (κ3) is 3.58. The molecule has 0 saturated heterocycles. The van der Waals surface area contributed by atoms with Gasteiger partial charge in [-0.05, 0) is 50.1 Å². The zero-order valence-electron chi connectivity index (χ0n) is 13.3. The van der Waals surface area contributed by atoms with E-state index < -0.39 is 6.10 Å². The predicted octanol–water partition coefficient (Wildman–Crippen LogP) is 3.72. The van der Waals surface area contributed by atoms with Crippen LogP contribution >= 0.6 is 0 Å². The number of hydrogen-bond donors (Lipinski definition) is 1. The molecule has 4 nitrogen and oxygen atoms in total. The maximum atomic E-state index is 12.3. The first-order valence-corrected chi connectivity index (χ1v) is 7.19. The number of methoxy groups -OCH3 is 1. The van der Waals surface area contributed by atoms with Gasteiger partial charge in [-0.25, -0.2) is 0 Å². The molecule has 2 aromatic carbocycles. The van der Waals surface area contributed by atoms with Gasteiger partial charge < -0.3 is 14.8 Å². The monoisotopic (exact) mass is 299 g/mol. The fraction of sp³-hybridized carbons (Fsp3) is 0.278. The molecule has 0 aliphatic carbocycles. The Morgan fingerprint density at radius 2 is 1.73 bits per heavy atom. The average Bonchev–Trinajstić information content (AvgIpc) is 2.52. The van der Waals surface area contributed by atoms with Crippen LogP contribution in [0, 0.1) is 13.8 Å². The Morgan fingerprint density at radius 3 is 2.45 bits per heavy atom. The van der Waals surface area contributed by atoms with Crippen molar-refractivity contribution in [2.24, 2.45) is 0 Å². The molecule has 0 aliphatic heterocycles. The molecule has 0 aromatic heterocycles. The Balaban J connectivity index is 2.08. The molecule has 0 fully saturated rings. The summed E-state index contributed by atoms with van der Waals surface area (Å²) in [6, 6.07) is 13.1. The molecule has 0 heterocycles. The molecule has 116 valence electrons. The van der Waals surface area contributed by atoms with Crippen LogP contribution in [-0.4, -0.2) is 19.1 Å². The number of rotatable bonds is 5. The summed E-state index contributed by atoms with van der Waals surface area (Å²) in [7, 11) is 1.57. The molecule has 0 radical (unpaired) electrons. The molecule has 0 saturated carbocycles. The Labute approximate surface area is 131 Å². The first-order valence-electron chi connectivity index (χ1n) is 7.19. The van der Waals surface area contributed by atoms with Crippen LogP contribution in [-0.2, 0) is 4.79 Å². The third-order valence-corrected chi connectivity index (χ3v) is 3.59. The molecule has 2 aromatic rings. The van der Waals surface area contributed by atoms with E-state index in [1.165, 1.54) is 0 Å². The molecule has 0 spiro atoms. The summed E-state index contributed by atoms with van der Waals surface area (Å²) in [6.45, 7) is 5.73. The van der Waals surface area contributed by atoms with E-state index in [-0.39, 0.29) is 5.91 Å². The van der Waals surface area contributed by atoms with Crippen LogP contribution in [0.1, 0.15) is 18.1 Å². The average molecular weight is 299 g/mol. The molecule has 2 rings (SSSR count). The smallest absolute Gasteiger partial charge is 0.265 e. The van der Waals surface area contributed by atoms with Crippen LogP contribution in [0.15, 0.2) is 42.5 Å². The molecule has 0 aliphatic rings. The van der Waals surface area contributed by atoms with Gasteiger partial charge in [0, 0.05) is 0 Å². The lowest BCUT2D eigenvalue weighted by Gasteiger charge is -2.18. The van der Waals surface area contributed by atoms with Gasteiger partial charge in [0.2, 0.25) is 0 Å². The Bertz CT molecular complexity index is 667. The van der Waals surface area contributed by atoms with E-state index in [9.17, 15) is 4.79 Å². The van der Waals surface area contributed by atoms with E-state index in [2.05, 4.69) is 5.32 Å². The molecule has 22 heavy (non-hydrogen) atoms. The second-order valence-electron chi connectivity index (χ2n) is 5.15. The first kappa shape index (κ1) is 15.9. The highest BCUT2D eigenvalue weighted by atomic mass is 16.5. The minimum Gasteiger partial charge on any atom is -0.495 e. The van der Waals surface area contributed by atoms with E-state index in [4.69, 9.17) is 9.47 Å². The minimum atomic E-state index is -0.606. The SMILES string of the molecule is COc1ccccc1NC(=O)[C@@H](C)Oc1cccc(C)c1C. The van der Waals surface area contributed by atoms with Gasteiger partial charge >= 0.3 is 0 Å². The van der Waals surface area contributed by atoms with Gasteiger partial charge in [-0.15, -0.1) is 0 Å². The summed E-state index contributed by atoms with van der Waals surface area (Å²) < 4.78 is 11.0. The standard InChI is InChI=1S/C18H21NO3/c1-12-8-7-11-16(13(12)2)22-14(3)18(20)19-15-9-5-6-10-17(15)21-4/h5-11,14H,1-4H3,(H,19,20)/t14-/m1/s1. The molecular formula is C18H21NO3. The molecule has 4 heteroatoms. The van der Waals surface area contributed by atoms with Crippen LogP contribution in [0.4, 0.5) is 5.69 Å². The normalized spacial score (nSPS) is 11.6. The highest BCUT2D eigenvalue weighted by molar-refractivity contribution is 5.95. The Hall–Kier alpha value is -2.49. The minimum absolute atomic E-state index is 0.217. The number of para-hydroxylation sites is 2. The molecular weight excluding hydrogens is 278 g/mol. The van der Waals surface area contributed by atoms with Gasteiger partial charge in [0.15, 0.2) is 6.10 Å². The number of aryl methyl sites for hydroxylation is 1. The Morgan fingerprint density at radius 1 is 1.05 bits per heavy atom. The van der Waals surface area contributed by atoms with Crippen molar-refractivity contribution in [2.75, 3.05) is 12.4 Å². The number of hydrogen-bond acceptors (Lipinski definition) is 3. The van der Waals surface area contributed by atoms with Gasteiger partial charge in [-0.3, -0.25) is 4.79 Å². The van der Waals surface area contributed by atoms with Gasteiger partial charge in [0.25, 0.3) is 5.91 Å². The van der Waals surface area contributed by atoms with Crippen molar-refractivity contribution in [1.29, 1.82) is 0 Å². The topological polar surface area (TPSA) is 47.6 Å². The predicted molar refractivity (Wildman–Crippen MR) is 87.6 cm³/mol. The largest absolute Gasteiger partial charge is 0.495 e. The fourth-order valence-corrected chi connectivity index (χ4v) is 2.08. The number of anilines is 1. The fourth-order valence-electron chi connectivity index (χ4n) is 2.08. The van der Waals surface area contributed by atoms with Crippen molar-refractivity contribution in [3.8, 4) is 11.5 Å². The van der Waals surface area contributed by atoms with Crippen molar-refractivity contribution < 1.29 is 14.3 Å². The van der Waals surface area contributed by atoms with Crippen molar-refractivity contribution in [3.63, 3.8) is 0 Å². The number of carbonyl (C=O) groups is 1. The lowest BCUT2D eigenvalue weighted by Crippen LogP contribution is -2.30. The van der Waals surface area contributed by atoms with Gasteiger partial charge in [-0.2, -0.15) is 0 Å². The van der Waals surface area contributed by atoms with Crippen LogP contribution < -0.4 is 14.8 Å². The van der Waals surface area contributed by atoms with Crippen LogP contribution in [0.25, 0.3) is 0 Å². The van der Waals surface area contributed by atoms with Crippen molar-refractivity contribution >= 4 is 11.6 Å². The van der Waals surface area contributed by atoms with E-state index in [0.717, 1.165) is 16.9 Å². The van der Waals surface area contributed by atoms with Gasteiger partial charge in [0.05, 0.1) is 12.8 Å². The maximum absolute atomic E-state index is 12.3. The van der Waals surface area contributed by atoms with E-state index in [0.29, 0.717) is 11.4 Å². The summed E-state index contributed by atoms with van der Waals surface area (Å²) in [5.74, 6) is 1.13. The zero-order chi connectivity index (χ0) is 16.1. The summed E-state index contributed by atoms with van der Waals surface area (Å²) in [5.41, 5.74) is 2.81. The number of ether oxygens (including phenoxy) is 2. The van der Waals surface area contributed by atoms with Crippen molar-refractivity contribution in [2.45, 2.75) is 26.9 Å².